The molecule has 6 nitrogen and oxygen atoms in total. The minimum atomic E-state index is -0.169. The van der Waals surface area contributed by atoms with Gasteiger partial charge >= 0.3 is 0 Å². The standard InChI is InChI=1S/C84H86N4O2S6/c1-9-17-25-51(13-5)37-55-41-61(43-67-75(57(47-85)48-86)63-29-21-23-31-65(63)79(67)89)93-81(55)73-45-69-77(71-35-33-59(91-71)39-53(15-7)27-19-11-3)84-70(78(83(69)95-73)72-36-34-60(92-72)40-54(16-8)28-20-12-4)46-74(96-84)82-56(38-52(14-6)26-18-10-2)42-62(94-82)44-68-76(58(49-87)50-88)64-30-22-24-32-66(64)80(68)90/h21-24,29-36,41-46,51-54H,9-20,25-28,37-40H2,1-8H3. The average Bonchev–Trinajstić information content (AvgIpc) is 1.40. The second-order valence-corrected chi connectivity index (χ2v) is 32.9. The summed E-state index contributed by atoms with van der Waals surface area (Å²) in [7, 11) is 0. The van der Waals surface area contributed by atoms with Crippen molar-refractivity contribution < 1.29 is 9.59 Å². The fourth-order valence-electron chi connectivity index (χ4n) is 14.4. The summed E-state index contributed by atoms with van der Waals surface area (Å²) < 4.78 is 2.52. The Morgan fingerprint density at radius 1 is 0.406 bits per heavy atom. The van der Waals surface area contributed by atoms with Gasteiger partial charge in [0.05, 0.1) is 0 Å². The van der Waals surface area contributed by atoms with Gasteiger partial charge in [-0.3, -0.25) is 9.59 Å². The summed E-state index contributed by atoms with van der Waals surface area (Å²) in [6, 6.07) is 42.5. The van der Waals surface area contributed by atoms with Crippen LogP contribution in [0, 0.1) is 69.0 Å². The molecule has 11 rings (SSSR count). The summed E-state index contributed by atoms with van der Waals surface area (Å²) in [6.07, 6.45) is 26.2. The SMILES string of the molecule is CCCCC(CC)Cc1ccc(-c2c3cc(-c4sc(C=C5C(=O)c6ccccc6C5=C(C#N)C#N)cc4CC(CC)CCCC)sc3c(-c3ccc(CC(CC)CCCC)s3)c3cc(-c4sc(C=C5C(=O)c6ccccc6C5=C(C#N)C#N)cc4CC(CC)CCCC)sc23)s1. The molecule has 0 bridgehead atoms. The summed E-state index contributed by atoms with van der Waals surface area (Å²) in [5, 5.41) is 43.9. The number of hydrogen-bond acceptors (Lipinski definition) is 12. The number of rotatable bonds is 30. The molecule has 96 heavy (non-hydrogen) atoms. The molecule has 4 unspecified atom stereocenters. The summed E-state index contributed by atoms with van der Waals surface area (Å²) in [6.45, 7) is 18.4. The van der Waals surface area contributed by atoms with Gasteiger partial charge in [0, 0.05) is 113 Å². The molecule has 2 aliphatic rings. The van der Waals surface area contributed by atoms with E-state index in [-0.39, 0.29) is 22.7 Å². The smallest absolute Gasteiger partial charge is 0.194 e. The quantitative estimate of drug-likeness (QED) is 0.0326. The molecule has 0 fully saturated rings. The van der Waals surface area contributed by atoms with Crippen LogP contribution in [0.15, 0.2) is 119 Å². The van der Waals surface area contributed by atoms with Gasteiger partial charge in [0.25, 0.3) is 0 Å². The predicted octanol–water partition coefficient (Wildman–Crippen LogP) is 26.2. The Morgan fingerprint density at radius 3 is 1.08 bits per heavy atom. The Balaban J connectivity index is 1.18. The molecule has 3 aromatic carbocycles. The highest BCUT2D eigenvalue weighted by atomic mass is 32.1. The monoisotopic (exact) mass is 1370 g/mol. The zero-order chi connectivity index (χ0) is 67.6. The maximum atomic E-state index is 14.5. The minimum Gasteiger partial charge on any atom is -0.289 e. The van der Waals surface area contributed by atoms with Gasteiger partial charge in [0.2, 0.25) is 0 Å². The lowest BCUT2D eigenvalue weighted by atomic mass is 9.91. The Labute approximate surface area is 593 Å². The van der Waals surface area contributed by atoms with Crippen molar-refractivity contribution in [3.05, 3.63) is 172 Å². The number of carbonyl (C=O) groups excluding carboxylic acids is 2. The van der Waals surface area contributed by atoms with Crippen molar-refractivity contribution in [3.63, 3.8) is 0 Å². The Kier molecular flexibility index (Phi) is 23.6. The van der Waals surface area contributed by atoms with Gasteiger partial charge in [-0.15, -0.1) is 68.0 Å². The van der Waals surface area contributed by atoms with Crippen molar-refractivity contribution in [1.82, 2.24) is 0 Å². The van der Waals surface area contributed by atoms with E-state index >= 15 is 0 Å². The highest BCUT2D eigenvalue weighted by Crippen LogP contribution is 2.57. The first-order chi connectivity index (χ1) is 46.9. The van der Waals surface area contributed by atoms with Crippen molar-refractivity contribution >= 4 is 123 Å². The molecule has 6 heterocycles. The van der Waals surface area contributed by atoms with Crippen LogP contribution in [0.4, 0.5) is 0 Å². The van der Waals surface area contributed by atoms with Crippen LogP contribution in [0.2, 0.25) is 0 Å². The Hall–Kier alpha value is -7.36. The molecule has 6 aromatic heterocycles. The van der Waals surface area contributed by atoms with E-state index in [1.807, 2.05) is 93.9 Å². The first-order valence-corrected chi connectivity index (χ1v) is 40.1. The first kappa shape index (κ1) is 70.0. The van der Waals surface area contributed by atoms with Crippen LogP contribution in [0.3, 0.4) is 0 Å². The number of carbonyl (C=O) groups is 2. The summed E-state index contributed by atoms with van der Waals surface area (Å²) in [5.41, 5.74) is 8.82. The largest absolute Gasteiger partial charge is 0.289 e. The van der Waals surface area contributed by atoms with Gasteiger partial charge in [0.15, 0.2) is 11.6 Å². The van der Waals surface area contributed by atoms with E-state index < -0.39 is 0 Å². The Morgan fingerprint density at radius 2 is 0.750 bits per heavy atom. The molecule has 9 aromatic rings. The third-order valence-electron chi connectivity index (χ3n) is 20.0. The molecule has 0 N–H and O–H groups in total. The third-order valence-corrected chi connectivity index (χ3v) is 27.1. The van der Waals surface area contributed by atoms with Gasteiger partial charge in [-0.05, 0) is 132 Å². The van der Waals surface area contributed by atoms with Crippen molar-refractivity contribution in [2.24, 2.45) is 23.7 Å². The fraction of sp³-hybridized carbons (Fsp3) is 0.381. The normalized spacial score (nSPS) is 14.9. The van der Waals surface area contributed by atoms with Gasteiger partial charge in [0.1, 0.15) is 35.4 Å². The van der Waals surface area contributed by atoms with Crippen LogP contribution < -0.4 is 0 Å². The predicted molar refractivity (Wildman–Crippen MR) is 412 cm³/mol. The number of hydrogen-bond donors (Lipinski definition) is 0. The molecule has 0 spiro atoms. The highest BCUT2D eigenvalue weighted by Gasteiger charge is 2.35. The zero-order valence-corrected chi connectivity index (χ0v) is 61.8. The summed E-state index contributed by atoms with van der Waals surface area (Å²) in [5.74, 6) is 1.80. The molecule has 4 atom stereocenters. The van der Waals surface area contributed by atoms with Crippen molar-refractivity contribution in [1.29, 1.82) is 21.0 Å². The summed E-state index contributed by atoms with van der Waals surface area (Å²) >= 11 is 11.1. The van der Waals surface area contributed by atoms with Crippen LogP contribution in [0.5, 0.6) is 0 Å². The Bertz CT molecular complexity index is 4300. The molecule has 0 amide bonds. The maximum Gasteiger partial charge on any atom is 0.194 e. The second kappa shape index (κ2) is 32.3. The number of nitriles is 4. The van der Waals surface area contributed by atoms with E-state index in [2.05, 4.69) is 128 Å². The number of fused-ring (bicyclic) bond motifs is 4. The molecule has 0 saturated heterocycles. The van der Waals surface area contributed by atoms with Crippen LogP contribution in [0.1, 0.15) is 221 Å². The van der Waals surface area contributed by atoms with E-state index in [9.17, 15) is 30.6 Å². The lowest BCUT2D eigenvalue weighted by Gasteiger charge is -2.14. The number of thiophene rings is 6. The number of allylic oxidation sites excluding steroid dienone is 6. The van der Waals surface area contributed by atoms with Crippen LogP contribution in [0.25, 0.3) is 83.9 Å². The fourth-order valence-corrected chi connectivity index (χ4v) is 22.0. The van der Waals surface area contributed by atoms with Crippen LogP contribution in [-0.4, -0.2) is 11.6 Å². The van der Waals surface area contributed by atoms with Crippen molar-refractivity contribution in [3.8, 4) is 64.7 Å². The van der Waals surface area contributed by atoms with Crippen molar-refractivity contribution in [2.75, 3.05) is 0 Å². The number of ketones is 2. The number of Topliss-reactive ketones (excluding diaryl/α,β-unsaturated/α-hetero) is 2. The first-order valence-electron chi connectivity index (χ1n) is 35.2. The molecule has 490 valence electrons. The molecular formula is C84H86N4O2S6. The van der Waals surface area contributed by atoms with E-state index in [4.69, 9.17) is 0 Å². The second-order valence-electron chi connectivity index (χ2n) is 26.3. The third kappa shape index (κ3) is 14.6. The number of unbranched alkanes of at least 4 members (excludes halogenated alkanes) is 4. The van der Waals surface area contributed by atoms with Crippen LogP contribution >= 0.6 is 68.0 Å². The lowest BCUT2D eigenvalue weighted by molar-refractivity contribution is 0.103. The van der Waals surface area contributed by atoms with Gasteiger partial charge < -0.3 is 0 Å². The number of benzene rings is 3. The average molecular weight is 1380 g/mol. The van der Waals surface area contributed by atoms with Gasteiger partial charge in [-0.2, -0.15) is 21.0 Å². The molecule has 0 aliphatic heterocycles. The van der Waals surface area contributed by atoms with E-state index in [1.165, 1.54) is 120 Å². The van der Waals surface area contributed by atoms with E-state index in [0.717, 1.165) is 99.6 Å². The number of nitrogens with zero attached hydrogens (tertiary/aromatic N) is 4. The van der Waals surface area contributed by atoms with Gasteiger partial charge in [-0.1, -0.05) is 207 Å². The minimum absolute atomic E-state index is 0.0593. The topological polar surface area (TPSA) is 129 Å². The molecule has 0 saturated carbocycles. The lowest BCUT2D eigenvalue weighted by Crippen LogP contribution is -2.03. The molecule has 0 radical (unpaired) electrons. The highest BCUT2D eigenvalue weighted by molar-refractivity contribution is 7.29. The van der Waals surface area contributed by atoms with E-state index in [0.29, 0.717) is 68.2 Å². The summed E-state index contributed by atoms with van der Waals surface area (Å²) in [4.78, 5) is 41.0. The van der Waals surface area contributed by atoms with E-state index in [1.54, 1.807) is 34.8 Å². The van der Waals surface area contributed by atoms with Crippen molar-refractivity contribution in [2.45, 2.75) is 184 Å². The molecule has 2 aliphatic carbocycles. The van der Waals surface area contributed by atoms with Gasteiger partial charge in [-0.25, -0.2) is 0 Å². The zero-order valence-electron chi connectivity index (χ0n) is 56.9. The molecule has 12 heteroatoms. The van der Waals surface area contributed by atoms with Crippen LogP contribution in [-0.2, 0) is 25.7 Å². The maximum absolute atomic E-state index is 14.5. The molecular weight excluding hydrogens is 1290 g/mol.